The van der Waals surface area contributed by atoms with Crippen LogP contribution >= 0.6 is 11.3 Å². The van der Waals surface area contributed by atoms with Crippen molar-refractivity contribution in [2.75, 3.05) is 26.2 Å². The van der Waals surface area contributed by atoms with Gasteiger partial charge in [-0.05, 0) is 36.8 Å². The number of carbonyl (C=O) groups is 1. The number of aromatic nitrogens is 1. The Kier molecular flexibility index (Phi) is 6.88. The van der Waals surface area contributed by atoms with E-state index in [0.29, 0.717) is 44.1 Å². The molecular weight excluding hydrogens is 446 g/mol. The summed E-state index contributed by atoms with van der Waals surface area (Å²) < 4.78 is 32.6. The van der Waals surface area contributed by atoms with Gasteiger partial charge in [0.25, 0.3) is 5.91 Å². The topological polar surface area (TPSA) is 79.8 Å². The minimum absolute atomic E-state index is 0.0241. The predicted octanol–water partition coefficient (Wildman–Crippen LogP) is 3.32. The van der Waals surface area contributed by atoms with Gasteiger partial charge in [-0.2, -0.15) is 4.31 Å². The summed E-state index contributed by atoms with van der Waals surface area (Å²) in [5.41, 5.74) is 2.20. The smallest absolute Gasteiger partial charge is 0.253 e. The summed E-state index contributed by atoms with van der Waals surface area (Å²) in [6.45, 7) is 3.68. The minimum Gasteiger partial charge on any atom is -0.487 e. The number of carbonyl (C=O) groups excluding carboxylic acids is 1. The van der Waals surface area contributed by atoms with E-state index >= 15 is 0 Å². The van der Waals surface area contributed by atoms with Crippen LogP contribution in [0.5, 0.6) is 5.75 Å². The van der Waals surface area contributed by atoms with Crippen LogP contribution in [-0.4, -0.2) is 54.7 Å². The summed E-state index contributed by atoms with van der Waals surface area (Å²) in [6, 6.07) is 16.2. The van der Waals surface area contributed by atoms with Crippen LogP contribution in [0.2, 0.25) is 0 Å². The fourth-order valence-corrected chi connectivity index (χ4v) is 5.67. The molecule has 0 bridgehead atoms. The number of hydrogen-bond donors (Lipinski definition) is 0. The van der Waals surface area contributed by atoms with Crippen molar-refractivity contribution in [2.45, 2.75) is 19.3 Å². The monoisotopic (exact) mass is 471 g/mol. The molecule has 1 aliphatic heterocycles. The third-order valence-electron chi connectivity index (χ3n) is 5.27. The highest BCUT2D eigenvalue weighted by Crippen LogP contribution is 2.18. The summed E-state index contributed by atoms with van der Waals surface area (Å²) in [4.78, 5) is 18.9. The van der Waals surface area contributed by atoms with E-state index in [1.54, 1.807) is 40.5 Å². The first-order valence-electron chi connectivity index (χ1n) is 10.4. The maximum atomic E-state index is 12.8. The molecule has 32 heavy (non-hydrogen) atoms. The molecule has 0 atom stereocenters. The molecule has 0 N–H and O–H groups in total. The van der Waals surface area contributed by atoms with Crippen LogP contribution in [0, 0.1) is 6.92 Å². The van der Waals surface area contributed by atoms with Gasteiger partial charge in [-0.15, -0.1) is 11.3 Å². The molecule has 168 valence electrons. The first-order chi connectivity index (χ1) is 15.4. The Morgan fingerprint density at radius 1 is 1.03 bits per heavy atom. The average Bonchev–Trinajstić information content (AvgIpc) is 3.23. The molecule has 2 aromatic carbocycles. The molecule has 9 heteroatoms. The van der Waals surface area contributed by atoms with E-state index in [4.69, 9.17) is 4.74 Å². The lowest BCUT2D eigenvalue weighted by atomic mass is 10.2. The van der Waals surface area contributed by atoms with Crippen molar-refractivity contribution in [3.63, 3.8) is 0 Å². The van der Waals surface area contributed by atoms with Crippen molar-refractivity contribution in [3.8, 4) is 5.75 Å². The van der Waals surface area contributed by atoms with E-state index in [9.17, 15) is 13.2 Å². The molecule has 0 saturated carbocycles. The number of piperazine rings is 1. The molecule has 3 aromatic rings. The molecular formula is C23H25N3O4S2. The Morgan fingerprint density at radius 3 is 2.34 bits per heavy atom. The van der Waals surface area contributed by atoms with Gasteiger partial charge in [-0.1, -0.05) is 30.3 Å². The maximum absolute atomic E-state index is 12.8. The first kappa shape index (κ1) is 22.4. The second-order valence-electron chi connectivity index (χ2n) is 7.60. The number of ether oxygens (including phenoxy) is 1. The van der Waals surface area contributed by atoms with Crippen LogP contribution in [0.15, 0.2) is 60.0 Å². The third-order valence-corrected chi connectivity index (χ3v) is 7.94. The number of sulfonamides is 1. The highest BCUT2D eigenvalue weighted by molar-refractivity contribution is 7.88. The molecule has 1 saturated heterocycles. The van der Waals surface area contributed by atoms with Crippen molar-refractivity contribution < 1.29 is 17.9 Å². The lowest BCUT2D eigenvalue weighted by molar-refractivity contribution is 0.0697. The Bertz CT molecular complexity index is 1150. The molecule has 1 amide bonds. The van der Waals surface area contributed by atoms with Crippen molar-refractivity contribution >= 4 is 27.3 Å². The quantitative estimate of drug-likeness (QED) is 0.528. The lowest BCUT2D eigenvalue weighted by Gasteiger charge is -2.34. The number of nitrogens with zero attached hydrogens (tertiary/aromatic N) is 3. The van der Waals surface area contributed by atoms with Crippen LogP contribution in [0.25, 0.3) is 0 Å². The summed E-state index contributed by atoms with van der Waals surface area (Å²) in [5, 5.41) is 2.96. The normalized spacial score (nSPS) is 15.0. The second-order valence-corrected chi connectivity index (χ2v) is 10.6. The SMILES string of the molecule is Cc1nc(COc2ccc(C(=O)N3CCN(S(=O)(=O)Cc4ccccc4)CC3)cc2)cs1. The molecule has 1 aliphatic rings. The molecule has 1 fully saturated rings. The number of thiazole rings is 1. The van der Waals surface area contributed by atoms with Gasteiger partial charge in [0.05, 0.1) is 16.5 Å². The van der Waals surface area contributed by atoms with Crippen molar-refractivity contribution in [1.82, 2.24) is 14.2 Å². The van der Waals surface area contributed by atoms with Gasteiger partial charge in [0.15, 0.2) is 0 Å². The zero-order valence-electron chi connectivity index (χ0n) is 17.8. The first-order valence-corrected chi connectivity index (χ1v) is 12.8. The Balaban J connectivity index is 1.30. The highest BCUT2D eigenvalue weighted by Gasteiger charge is 2.29. The maximum Gasteiger partial charge on any atom is 0.253 e. The molecule has 0 radical (unpaired) electrons. The van der Waals surface area contributed by atoms with E-state index in [1.807, 2.05) is 42.6 Å². The largest absolute Gasteiger partial charge is 0.487 e. The fourth-order valence-electron chi connectivity index (χ4n) is 3.55. The molecule has 0 aliphatic carbocycles. The minimum atomic E-state index is -3.41. The van der Waals surface area contributed by atoms with E-state index < -0.39 is 10.0 Å². The highest BCUT2D eigenvalue weighted by atomic mass is 32.2. The number of hydrogen-bond acceptors (Lipinski definition) is 6. The van der Waals surface area contributed by atoms with E-state index in [2.05, 4.69) is 4.98 Å². The zero-order chi connectivity index (χ0) is 22.6. The van der Waals surface area contributed by atoms with Crippen molar-refractivity contribution in [3.05, 3.63) is 81.8 Å². The molecule has 7 nitrogen and oxygen atoms in total. The number of benzene rings is 2. The second kappa shape index (κ2) is 9.81. The average molecular weight is 472 g/mol. The van der Waals surface area contributed by atoms with Crippen LogP contribution in [0.4, 0.5) is 0 Å². The Hall–Kier alpha value is -2.75. The Labute approximate surface area is 192 Å². The zero-order valence-corrected chi connectivity index (χ0v) is 19.4. The summed E-state index contributed by atoms with van der Waals surface area (Å²) >= 11 is 1.58. The van der Waals surface area contributed by atoms with Crippen LogP contribution in [0.3, 0.4) is 0 Å². The van der Waals surface area contributed by atoms with Gasteiger partial charge >= 0.3 is 0 Å². The molecule has 2 heterocycles. The van der Waals surface area contributed by atoms with Gasteiger partial charge in [0, 0.05) is 37.1 Å². The third kappa shape index (κ3) is 5.53. The predicted molar refractivity (Wildman–Crippen MR) is 124 cm³/mol. The van der Waals surface area contributed by atoms with Gasteiger partial charge < -0.3 is 9.64 Å². The number of rotatable bonds is 7. The van der Waals surface area contributed by atoms with E-state index in [0.717, 1.165) is 16.3 Å². The summed E-state index contributed by atoms with van der Waals surface area (Å²) in [7, 11) is -3.41. The molecule has 0 spiro atoms. The van der Waals surface area contributed by atoms with Crippen LogP contribution in [0.1, 0.15) is 26.6 Å². The summed E-state index contributed by atoms with van der Waals surface area (Å²) in [6.07, 6.45) is 0. The van der Waals surface area contributed by atoms with Gasteiger partial charge in [0.2, 0.25) is 10.0 Å². The number of aryl methyl sites for hydroxylation is 1. The van der Waals surface area contributed by atoms with Gasteiger partial charge in [0.1, 0.15) is 12.4 Å². The molecule has 4 rings (SSSR count). The summed E-state index contributed by atoms with van der Waals surface area (Å²) in [5.74, 6) is 0.541. The van der Waals surface area contributed by atoms with Crippen LogP contribution in [-0.2, 0) is 22.4 Å². The molecule has 0 unspecified atom stereocenters. The fraction of sp³-hybridized carbons (Fsp3) is 0.304. The van der Waals surface area contributed by atoms with Crippen LogP contribution < -0.4 is 4.74 Å². The standard InChI is InChI=1S/C23H25N3O4S2/c1-18-24-21(16-31-18)15-30-22-9-7-20(8-10-22)23(27)25-11-13-26(14-12-25)32(28,29)17-19-5-3-2-4-6-19/h2-10,16H,11-15,17H2,1H3. The lowest BCUT2D eigenvalue weighted by Crippen LogP contribution is -2.50. The van der Waals surface area contributed by atoms with E-state index in [1.165, 1.54) is 4.31 Å². The van der Waals surface area contributed by atoms with Crippen molar-refractivity contribution in [1.29, 1.82) is 0 Å². The van der Waals surface area contributed by atoms with Gasteiger partial charge in [-0.25, -0.2) is 13.4 Å². The van der Waals surface area contributed by atoms with Gasteiger partial charge in [-0.3, -0.25) is 4.79 Å². The van der Waals surface area contributed by atoms with E-state index in [-0.39, 0.29) is 11.7 Å². The Morgan fingerprint density at radius 2 is 1.72 bits per heavy atom. The van der Waals surface area contributed by atoms with Crippen molar-refractivity contribution in [2.24, 2.45) is 0 Å². The number of amides is 1. The molecule has 1 aromatic heterocycles.